The van der Waals surface area contributed by atoms with Crippen LogP contribution < -0.4 is 10.2 Å². The lowest BCUT2D eigenvalue weighted by Gasteiger charge is -2.31. The predicted molar refractivity (Wildman–Crippen MR) is 89.2 cm³/mol. The highest BCUT2D eigenvalue weighted by molar-refractivity contribution is 6.30. The van der Waals surface area contributed by atoms with Crippen molar-refractivity contribution in [2.75, 3.05) is 38.3 Å². The van der Waals surface area contributed by atoms with E-state index in [1.54, 1.807) is 7.11 Å². The van der Waals surface area contributed by atoms with E-state index in [1.807, 2.05) is 32.0 Å². The Kier molecular flexibility index (Phi) is 7.46. The van der Waals surface area contributed by atoms with Crippen molar-refractivity contribution in [2.24, 2.45) is 0 Å². The van der Waals surface area contributed by atoms with Gasteiger partial charge < -0.3 is 20.1 Å². The van der Waals surface area contributed by atoms with Crippen LogP contribution in [0.4, 0.5) is 5.69 Å². The van der Waals surface area contributed by atoms with Gasteiger partial charge in [0.2, 0.25) is 0 Å². The molecule has 1 aromatic rings. The minimum atomic E-state index is -0.751. The number of hydrogen-bond acceptors (Lipinski definition) is 4. The molecule has 0 heterocycles. The van der Waals surface area contributed by atoms with E-state index in [9.17, 15) is 5.11 Å². The molecule has 0 saturated carbocycles. The second-order valence-electron chi connectivity index (χ2n) is 5.77. The summed E-state index contributed by atoms with van der Waals surface area (Å²) in [6, 6.07) is 5.89. The van der Waals surface area contributed by atoms with Gasteiger partial charge in [-0.1, -0.05) is 17.7 Å². The lowest BCUT2D eigenvalue weighted by Crippen LogP contribution is -2.39. The summed E-state index contributed by atoms with van der Waals surface area (Å²) in [4.78, 5) is 2.15. The van der Waals surface area contributed by atoms with Gasteiger partial charge in [-0.3, -0.25) is 0 Å². The molecule has 4 nitrogen and oxygen atoms in total. The maximum atomic E-state index is 10.1. The Balaban J connectivity index is 2.88. The van der Waals surface area contributed by atoms with E-state index in [-0.39, 0.29) is 0 Å². The fraction of sp³-hybridized carbons (Fsp3) is 0.625. The van der Waals surface area contributed by atoms with E-state index in [1.165, 1.54) is 5.56 Å². The topological polar surface area (TPSA) is 44.7 Å². The Morgan fingerprint density at radius 3 is 2.67 bits per heavy atom. The second kappa shape index (κ2) is 8.59. The summed E-state index contributed by atoms with van der Waals surface area (Å²) in [7, 11) is 1.69. The lowest BCUT2D eigenvalue weighted by atomic mass is 10.1. The van der Waals surface area contributed by atoms with Gasteiger partial charge in [-0.25, -0.2) is 0 Å². The minimum Gasteiger partial charge on any atom is -0.389 e. The van der Waals surface area contributed by atoms with Gasteiger partial charge in [0, 0.05) is 44.0 Å². The normalized spacial score (nSPS) is 11.7. The maximum absolute atomic E-state index is 10.1. The molecule has 0 aliphatic heterocycles. The summed E-state index contributed by atoms with van der Waals surface area (Å²) in [5.41, 5.74) is 1.48. The highest BCUT2D eigenvalue weighted by Crippen LogP contribution is 2.26. The van der Waals surface area contributed by atoms with Crippen molar-refractivity contribution in [1.82, 2.24) is 5.32 Å². The molecule has 0 spiro atoms. The smallest absolute Gasteiger partial charge is 0.0765 e. The van der Waals surface area contributed by atoms with Crippen LogP contribution in [0.3, 0.4) is 0 Å². The van der Waals surface area contributed by atoms with Crippen LogP contribution in [0.2, 0.25) is 5.02 Å². The van der Waals surface area contributed by atoms with Crippen molar-refractivity contribution in [3.63, 3.8) is 0 Å². The number of methoxy groups -OCH3 is 1. The lowest BCUT2D eigenvalue weighted by molar-refractivity contribution is 0.0875. The van der Waals surface area contributed by atoms with Crippen LogP contribution in [-0.2, 0) is 11.3 Å². The molecule has 0 saturated heterocycles. The van der Waals surface area contributed by atoms with Crippen molar-refractivity contribution in [3.05, 3.63) is 28.8 Å². The van der Waals surface area contributed by atoms with Gasteiger partial charge in [-0.2, -0.15) is 0 Å². The Bertz CT molecular complexity index is 433. The fourth-order valence-electron chi connectivity index (χ4n) is 2.21. The van der Waals surface area contributed by atoms with E-state index >= 15 is 0 Å². The van der Waals surface area contributed by atoms with Crippen LogP contribution in [0.5, 0.6) is 0 Å². The monoisotopic (exact) mass is 314 g/mol. The van der Waals surface area contributed by atoms with Gasteiger partial charge in [0.1, 0.15) is 0 Å². The number of nitrogens with zero attached hydrogens (tertiary/aromatic N) is 1. The molecule has 0 aliphatic rings. The average molecular weight is 315 g/mol. The Morgan fingerprint density at radius 2 is 2.10 bits per heavy atom. The van der Waals surface area contributed by atoms with Gasteiger partial charge in [-0.15, -0.1) is 0 Å². The van der Waals surface area contributed by atoms with Gasteiger partial charge >= 0.3 is 0 Å². The quantitative estimate of drug-likeness (QED) is 0.688. The molecule has 1 aromatic carbocycles. The molecule has 120 valence electrons. The predicted octanol–water partition coefficient (Wildman–Crippen LogP) is 2.67. The summed E-state index contributed by atoms with van der Waals surface area (Å²) >= 11 is 6.14. The minimum absolute atomic E-state index is 0.564. The van der Waals surface area contributed by atoms with E-state index in [0.29, 0.717) is 18.2 Å². The zero-order valence-corrected chi connectivity index (χ0v) is 14.2. The van der Waals surface area contributed by atoms with Crippen molar-refractivity contribution in [1.29, 1.82) is 0 Å². The van der Waals surface area contributed by atoms with Crippen molar-refractivity contribution >= 4 is 17.3 Å². The largest absolute Gasteiger partial charge is 0.389 e. The summed E-state index contributed by atoms with van der Waals surface area (Å²) in [5.74, 6) is 0. The number of likely N-dealkylation sites (N-methyl/N-ethyl adjacent to an activating group) is 1. The summed E-state index contributed by atoms with van der Waals surface area (Å²) in [6.07, 6.45) is 0. The summed E-state index contributed by atoms with van der Waals surface area (Å²) in [5, 5.41) is 14.1. The third-order valence-corrected chi connectivity index (χ3v) is 3.38. The van der Waals surface area contributed by atoms with Crippen LogP contribution in [0, 0.1) is 0 Å². The number of ether oxygens (including phenoxy) is 1. The molecular weight excluding hydrogens is 288 g/mol. The number of halogens is 1. The highest BCUT2D eigenvalue weighted by Gasteiger charge is 2.19. The third-order valence-electron chi connectivity index (χ3n) is 3.15. The number of hydrogen-bond donors (Lipinski definition) is 2. The van der Waals surface area contributed by atoms with Crippen LogP contribution in [0.1, 0.15) is 26.3 Å². The Hall–Kier alpha value is -0.810. The number of nitrogens with one attached hydrogen (secondary N) is 1. The van der Waals surface area contributed by atoms with E-state index in [4.69, 9.17) is 16.3 Å². The molecule has 0 unspecified atom stereocenters. The standard InChI is InChI=1S/C16H27ClN2O2/c1-5-19(12-16(2,3)20)15-10-14(17)7-6-13(15)11-18-8-9-21-4/h6-7,10,18,20H,5,8-9,11-12H2,1-4H3. The van der Waals surface area contributed by atoms with Gasteiger partial charge in [0.05, 0.1) is 12.2 Å². The molecule has 1 rings (SSSR count). The molecule has 0 aromatic heterocycles. The molecule has 0 radical (unpaired) electrons. The average Bonchev–Trinajstić information content (AvgIpc) is 2.41. The SMILES string of the molecule is CCN(CC(C)(C)O)c1cc(Cl)ccc1CNCCOC. The van der Waals surface area contributed by atoms with Crippen molar-refractivity contribution in [2.45, 2.75) is 32.9 Å². The van der Waals surface area contributed by atoms with Crippen molar-refractivity contribution < 1.29 is 9.84 Å². The van der Waals surface area contributed by atoms with Crippen LogP contribution in [0.15, 0.2) is 18.2 Å². The molecule has 0 atom stereocenters. The highest BCUT2D eigenvalue weighted by atomic mass is 35.5. The number of aliphatic hydroxyl groups is 1. The van der Waals surface area contributed by atoms with Crippen LogP contribution in [0.25, 0.3) is 0 Å². The third kappa shape index (κ3) is 6.66. The zero-order chi connectivity index (χ0) is 15.9. The summed E-state index contributed by atoms with van der Waals surface area (Å²) < 4.78 is 5.04. The maximum Gasteiger partial charge on any atom is 0.0765 e. The molecule has 0 bridgehead atoms. The van der Waals surface area contributed by atoms with Gasteiger partial charge in [-0.05, 0) is 38.5 Å². The van der Waals surface area contributed by atoms with Crippen LogP contribution >= 0.6 is 11.6 Å². The first-order valence-corrected chi connectivity index (χ1v) is 7.70. The molecule has 2 N–H and O–H groups in total. The van der Waals surface area contributed by atoms with E-state index in [2.05, 4.69) is 17.1 Å². The first kappa shape index (κ1) is 18.2. The van der Waals surface area contributed by atoms with E-state index in [0.717, 1.165) is 25.3 Å². The second-order valence-corrected chi connectivity index (χ2v) is 6.21. The summed E-state index contributed by atoms with van der Waals surface area (Å²) in [6.45, 7) is 9.32. The molecule has 0 aliphatic carbocycles. The number of rotatable bonds is 9. The molecular formula is C16H27ClN2O2. The van der Waals surface area contributed by atoms with Crippen LogP contribution in [-0.4, -0.2) is 44.1 Å². The molecule has 21 heavy (non-hydrogen) atoms. The Labute approximate surface area is 133 Å². The molecule has 0 amide bonds. The Morgan fingerprint density at radius 1 is 1.38 bits per heavy atom. The van der Waals surface area contributed by atoms with Crippen molar-refractivity contribution in [3.8, 4) is 0 Å². The number of anilines is 1. The molecule has 5 heteroatoms. The fourth-order valence-corrected chi connectivity index (χ4v) is 2.38. The van der Waals surface area contributed by atoms with E-state index < -0.39 is 5.60 Å². The van der Waals surface area contributed by atoms with Gasteiger partial charge in [0.15, 0.2) is 0 Å². The van der Waals surface area contributed by atoms with Gasteiger partial charge in [0.25, 0.3) is 0 Å². The number of benzene rings is 1. The zero-order valence-electron chi connectivity index (χ0n) is 13.4. The molecule has 0 fully saturated rings. The first-order chi connectivity index (χ1) is 9.87. The first-order valence-electron chi connectivity index (χ1n) is 7.32.